The Morgan fingerprint density at radius 3 is 2.29 bits per heavy atom. The second-order valence-electron chi connectivity index (χ2n) is 5.78. The molecule has 0 heterocycles. The van der Waals surface area contributed by atoms with E-state index in [0.29, 0.717) is 0 Å². The molecule has 0 aliphatic heterocycles. The van der Waals surface area contributed by atoms with Crippen LogP contribution in [0.1, 0.15) is 11.1 Å². The van der Waals surface area contributed by atoms with E-state index in [9.17, 15) is 9.59 Å². The summed E-state index contributed by atoms with van der Waals surface area (Å²) in [5.74, 6) is -0.737. The lowest BCUT2D eigenvalue weighted by atomic mass is 10.1. The van der Waals surface area contributed by atoms with Crippen molar-refractivity contribution in [1.82, 2.24) is 5.32 Å². The van der Waals surface area contributed by atoms with Crippen LogP contribution in [0, 0.1) is 0 Å². The van der Waals surface area contributed by atoms with Crippen LogP contribution in [0.15, 0.2) is 59.1 Å². The van der Waals surface area contributed by atoms with Crippen molar-refractivity contribution >= 4 is 62.8 Å². The molecule has 28 heavy (non-hydrogen) atoms. The van der Waals surface area contributed by atoms with Crippen LogP contribution in [0.4, 0.5) is 4.79 Å². The molecule has 0 saturated heterocycles. The summed E-state index contributed by atoms with van der Waals surface area (Å²) in [5.41, 5.74) is 1.61. The number of carbonyl (C=O) groups excluding carboxylic acids is 2. The monoisotopic (exact) mass is 507 g/mol. The first-order valence-electron chi connectivity index (χ1n) is 8.18. The molecule has 0 fully saturated rings. The normalized spacial score (nSPS) is 12.1. The number of esters is 1. The smallest absolute Gasteiger partial charge is 0.408 e. The zero-order chi connectivity index (χ0) is 20.6. The number of alkyl halides is 3. The van der Waals surface area contributed by atoms with Crippen molar-refractivity contribution in [2.24, 2.45) is 0 Å². The van der Waals surface area contributed by atoms with Gasteiger partial charge in [-0.2, -0.15) is 0 Å². The van der Waals surface area contributed by atoms with Crippen LogP contribution in [0.2, 0.25) is 0 Å². The molecule has 2 aromatic rings. The molecule has 0 radical (unpaired) electrons. The fraction of sp³-hybridized carbons (Fsp3) is 0.263. The fourth-order valence-corrected chi connectivity index (χ4v) is 2.85. The van der Waals surface area contributed by atoms with E-state index in [1.54, 1.807) is 0 Å². The van der Waals surface area contributed by atoms with Gasteiger partial charge in [-0.1, -0.05) is 99.3 Å². The standard InChI is InChI=1S/C19H17BrCl3NO4/c20-15-9-5-4-8-14(15)10-16(17(25)28-12-19(21,22)23)24-18(26)27-11-13-6-2-1-3-7-13/h1-9,16H,10-12H2,(H,24,26). The number of nitrogens with one attached hydrogen (secondary N) is 1. The Balaban J connectivity index is 2.03. The molecule has 5 nitrogen and oxygen atoms in total. The molecular weight excluding hydrogens is 492 g/mol. The first-order valence-corrected chi connectivity index (χ1v) is 10.1. The predicted octanol–water partition coefficient (Wildman–Crippen LogP) is 5.20. The highest BCUT2D eigenvalue weighted by Crippen LogP contribution is 2.26. The first kappa shape index (κ1) is 22.8. The minimum absolute atomic E-state index is 0.0671. The van der Waals surface area contributed by atoms with Crippen molar-refractivity contribution in [2.75, 3.05) is 6.61 Å². The lowest BCUT2D eigenvalue weighted by Crippen LogP contribution is -2.44. The van der Waals surface area contributed by atoms with E-state index in [1.807, 2.05) is 54.6 Å². The van der Waals surface area contributed by atoms with E-state index < -0.39 is 28.5 Å². The van der Waals surface area contributed by atoms with E-state index in [4.69, 9.17) is 44.3 Å². The van der Waals surface area contributed by atoms with Gasteiger partial charge >= 0.3 is 12.1 Å². The molecule has 0 aliphatic rings. The van der Waals surface area contributed by atoms with Gasteiger partial charge in [0.1, 0.15) is 19.3 Å². The third-order valence-electron chi connectivity index (χ3n) is 3.55. The van der Waals surface area contributed by atoms with Crippen LogP contribution in [0.5, 0.6) is 0 Å². The van der Waals surface area contributed by atoms with E-state index in [-0.39, 0.29) is 13.0 Å². The van der Waals surface area contributed by atoms with Crippen molar-refractivity contribution in [3.05, 3.63) is 70.2 Å². The Hall–Kier alpha value is -1.47. The maximum atomic E-state index is 12.4. The Labute approximate surface area is 186 Å². The molecule has 0 spiro atoms. The molecular formula is C19H17BrCl3NO4. The van der Waals surface area contributed by atoms with Crippen molar-refractivity contribution in [2.45, 2.75) is 22.9 Å². The molecule has 0 aliphatic carbocycles. The highest BCUT2D eigenvalue weighted by Gasteiger charge is 2.28. The Bertz CT molecular complexity index is 799. The Morgan fingerprint density at radius 2 is 1.64 bits per heavy atom. The average molecular weight is 510 g/mol. The summed E-state index contributed by atoms with van der Waals surface area (Å²) < 4.78 is 9.24. The van der Waals surface area contributed by atoms with Gasteiger partial charge in [0.25, 0.3) is 0 Å². The molecule has 2 rings (SSSR count). The number of rotatable bonds is 7. The van der Waals surface area contributed by atoms with Gasteiger partial charge in [-0.05, 0) is 17.2 Å². The predicted molar refractivity (Wildman–Crippen MR) is 113 cm³/mol. The SMILES string of the molecule is O=C(NC(Cc1ccccc1Br)C(=O)OCC(Cl)(Cl)Cl)OCc1ccccc1. The summed E-state index contributed by atoms with van der Waals surface area (Å²) in [7, 11) is 0. The van der Waals surface area contributed by atoms with Gasteiger partial charge in [0.2, 0.25) is 3.79 Å². The summed E-state index contributed by atoms with van der Waals surface area (Å²) in [6.45, 7) is -0.374. The topological polar surface area (TPSA) is 64.6 Å². The molecule has 1 atom stereocenters. The number of alkyl carbamates (subject to hydrolysis) is 1. The summed E-state index contributed by atoms with van der Waals surface area (Å²) in [5, 5.41) is 2.51. The van der Waals surface area contributed by atoms with Gasteiger partial charge in [-0.15, -0.1) is 0 Å². The number of halogens is 4. The maximum absolute atomic E-state index is 12.4. The van der Waals surface area contributed by atoms with Crippen LogP contribution in [-0.4, -0.2) is 28.5 Å². The van der Waals surface area contributed by atoms with Gasteiger partial charge in [-0.25, -0.2) is 9.59 Å². The molecule has 150 valence electrons. The second kappa shape index (κ2) is 10.9. The second-order valence-corrected chi connectivity index (χ2v) is 9.15. The summed E-state index contributed by atoms with van der Waals surface area (Å²) >= 11 is 20.3. The van der Waals surface area contributed by atoms with E-state index in [1.165, 1.54) is 0 Å². The molecule has 2 aromatic carbocycles. The lowest BCUT2D eigenvalue weighted by Gasteiger charge is -2.20. The molecule has 1 N–H and O–H groups in total. The number of hydrogen-bond donors (Lipinski definition) is 1. The maximum Gasteiger partial charge on any atom is 0.408 e. The van der Waals surface area contributed by atoms with Crippen LogP contribution in [0.25, 0.3) is 0 Å². The number of hydrogen-bond acceptors (Lipinski definition) is 4. The van der Waals surface area contributed by atoms with Gasteiger partial charge in [0.15, 0.2) is 0 Å². The van der Waals surface area contributed by atoms with Crippen molar-refractivity contribution in [3.8, 4) is 0 Å². The van der Waals surface area contributed by atoms with E-state index >= 15 is 0 Å². The zero-order valence-corrected chi connectivity index (χ0v) is 18.4. The fourth-order valence-electron chi connectivity index (χ4n) is 2.24. The molecule has 9 heteroatoms. The third kappa shape index (κ3) is 8.27. The molecule has 1 unspecified atom stereocenters. The number of carbonyl (C=O) groups is 2. The van der Waals surface area contributed by atoms with Crippen molar-refractivity contribution < 1.29 is 19.1 Å². The van der Waals surface area contributed by atoms with E-state index in [2.05, 4.69) is 21.2 Å². The Kier molecular flexibility index (Phi) is 8.89. The third-order valence-corrected chi connectivity index (χ3v) is 4.65. The minimum Gasteiger partial charge on any atom is -0.460 e. The molecule has 0 saturated carbocycles. The average Bonchev–Trinajstić information content (AvgIpc) is 2.66. The highest BCUT2D eigenvalue weighted by atomic mass is 79.9. The molecule has 0 aromatic heterocycles. The van der Waals surface area contributed by atoms with E-state index in [0.717, 1.165) is 15.6 Å². The summed E-state index contributed by atoms with van der Waals surface area (Å²) in [6.07, 6.45) is -0.590. The zero-order valence-electron chi connectivity index (χ0n) is 14.5. The summed E-state index contributed by atoms with van der Waals surface area (Å²) in [6, 6.07) is 15.4. The van der Waals surface area contributed by atoms with Crippen LogP contribution < -0.4 is 5.32 Å². The quantitative estimate of drug-likeness (QED) is 0.412. The number of benzene rings is 2. The minimum atomic E-state index is -1.75. The molecule has 0 bridgehead atoms. The van der Waals surface area contributed by atoms with Gasteiger partial charge in [-0.3, -0.25) is 0 Å². The van der Waals surface area contributed by atoms with Gasteiger partial charge in [0, 0.05) is 10.9 Å². The van der Waals surface area contributed by atoms with Crippen molar-refractivity contribution in [3.63, 3.8) is 0 Å². The van der Waals surface area contributed by atoms with Gasteiger partial charge < -0.3 is 14.8 Å². The lowest BCUT2D eigenvalue weighted by molar-refractivity contribution is -0.145. The van der Waals surface area contributed by atoms with Crippen LogP contribution in [-0.2, 0) is 27.3 Å². The highest BCUT2D eigenvalue weighted by molar-refractivity contribution is 9.10. The largest absolute Gasteiger partial charge is 0.460 e. The summed E-state index contributed by atoms with van der Waals surface area (Å²) in [4.78, 5) is 24.6. The van der Waals surface area contributed by atoms with Crippen LogP contribution >= 0.6 is 50.7 Å². The molecule has 1 amide bonds. The van der Waals surface area contributed by atoms with Crippen LogP contribution in [0.3, 0.4) is 0 Å². The Morgan fingerprint density at radius 1 is 1.00 bits per heavy atom. The van der Waals surface area contributed by atoms with Crippen molar-refractivity contribution in [1.29, 1.82) is 0 Å². The first-order chi connectivity index (χ1) is 13.2. The number of ether oxygens (including phenoxy) is 2. The number of amides is 1. The van der Waals surface area contributed by atoms with Gasteiger partial charge in [0.05, 0.1) is 0 Å².